The summed E-state index contributed by atoms with van der Waals surface area (Å²) in [4.78, 5) is 17.0. The molecule has 1 aromatic rings. The minimum absolute atomic E-state index is 0.0572. The van der Waals surface area contributed by atoms with Crippen LogP contribution in [0.25, 0.3) is 0 Å². The fraction of sp³-hybridized carbons (Fsp3) is 0.583. The lowest BCUT2D eigenvalue weighted by molar-refractivity contribution is -0.384. The topological polar surface area (TPSA) is 80.5 Å². The molecule has 1 N–H and O–H groups in total. The number of ether oxygens (including phenoxy) is 1. The van der Waals surface area contributed by atoms with Crippen molar-refractivity contribution in [1.29, 1.82) is 0 Å². The van der Waals surface area contributed by atoms with Crippen molar-refractivity contribution in [3.8, 4) is 0 Å². The van der Waals surface area contributed by atoms with Gasteiger partial charge in [0.1, 0.15) is 11.6 Å². The van der Waals surface area contributed by atoms with Crippen LogP contribution < -0.4 is 10.2 Å². The van der Waals surface area contributed by atoms with E-state index in [-0.39, 0.29) is 11.8 Å². The standard InChI is InChI=1S/C12H18N4O3/c1-3-13-11-6-9(16(17)18)7-12(14-11)15-5-4-10(8-15)19-2/h6-7,10H,3-5,8H2,1-2H3,(H,13,14). The summed E-state index contributed by atoms with van der Waals surface area (Å²) in [6.45, 7) is 4.12. The lowest BCUT2D eigenvalue weighted by Crippen LogP contribution is -2.23. The van der Waals surface area contributed by atoms with E-state index in [1.165, 1.54) is 12.1 Å². The zero-order valence-electron chi connectivity index (χ0n) is 11.1. The fourth-order valence-electron chi connectivity index (χ4n) is 2.17. The van der Waals surface area contributed by atoms with Crippen LogP contribution in [-0.4, -0.2) is 42.8 Å². The van der Waals surface area contributed by atoms with E-state index in [9.17, 15) is 10.1 Å². The van der Waals surface area contributed by atoms with Crippen molar-refractivity contribution < 1.29 is 9.66 Å². The van der Waals surface area contributed by atoms with Gasteiger partial charge >= 0.3 is 0 Å². The molecule has 1 saturated heterocycles. The number of pyridine rings is 1. The molecule has 7 nitrogen and oxygen atoms in total. The van der Waals surface area contributed by atoms with Crippen LogP contribution in [0.5, 0.6) is 0 Å². The number of hydrogen-bond donors (Lipinski definition) is 1. The van der Waals surface area contributed by atoms with Crippen molar-refractivity contribution >= 4 is 17.3 Å². The molecule has 0 bridgehead atoms. The van der Waals surface area contributed by atoms with Crippen molar-refractivity contribution in [2.24, 2.45) is 0 Å². The Morgan fingerprint density at radius 1 is 1.63 bits per heavy atom. The number of nitro groups is 1. The van der Waals surface area contributed by atoms with E-state index in [1.807, 2.05) is 11.8 Å². The van der Waals surface area contributed by atoms with Gasteiger partial charge in [0.25, 0.3) is 5.69 Å². The molecule has 1 aliphatic rings. The average molecular weight is 266 g/mol. The van der Waals surface area contributed by atoms with Crippen LogP contribution in [-0.2, 0) is 4.74 Å². The van der Waals surface area contributed by atoms with Gasteiger partial charge in [0.05, 0.1) is 23.2 Å². The minimum Gasteiger partial charge on any atom is -0.380 e. The second-order valence-corrected chi connectivity index (χ2v) is 4.45. The van der Waals surface area contributed by atoms with E-state index in [2.05, 4.69) is 10.3 Å². The Morgan fingerprint density at radius 2 is 2.42 bits per heavy atom. The number of aromatic nitrogens is 1. The first-order valence-corrected chi connectivity index (χ1v) is 6.32. The van der Waals surface area contributed by atoms with Gasteiger partial charge in [-0.05, 0) is 13.3 Å². The first kappa shape index (κ1) is 13.5. The molecule has 0 aromatic carbocycles. The maximum atomic E-state index is 11.0. The summed E-state index contributed by atoms with van der Waals surface area (Å²) in [5.74, 6) is 1.16. The molecule has 19 heavy (non-hydrogen) atoms. The Bertz CT molecular complexity index is 466. The van der Waals surface area contributed by atoms with Gasteiger partial charge in [0.15, 0.2) is 0 Å². The van der Waals surface area contributed by atoms with Crippen LogP contribution in [0.2, 0.25) is 0 Å². The molecule has 0 saturated carbocycles. The zero-order chi connectivity index (χ0) is 13.8. The number of methoxy groups -OCH3 is 1. The Labute approximate surface area is 111 Å². The zero-order valence-corrected chi connectivity index (χ0v) is 11.1. The molecule has 2 heterocycles. The Hall–Kier alpha value is -1.89. The first-order chi connectivity index (χ1) is 9.13. The molecule has 0 amide bonds. The normalized spacial score (nSPS) is 18.6. The number of rotatable bonds is 5. The molecule has 7 heteroatoms. The number of nitrogens with zero attached hydrogens (tertiary/aromatic N) is 3. The molecule has 1 fully saturated rings. The SMILES string of the molecule is CCNc1cc([N+](=O)[O-])cc(N2CCC(OC)C2)n1. The summed E-state index contributed by atoms with van der Waals surface area (Å²) in [6, 6.07) is 2.97. The maximum absolute atomic E-state index is 11.0. The maximum Gasteiger partial charge on any atom is 0.276 e. The summed E-state index contributed by atoms with van der Waals surface area (Å²) in [5, 5.41) is 14.0. The first-order valence-electron chi connectivity index (χ1n) is 6.32. The van der Waals surface area contributed by atoms with Crippen molar-refractivity contribution in [3.63, 3.8) is 0 Å². The highest BCUT2D eigenvalue weighted by Crippen LogP contribution is 2.26. The van der Waals surface area contributed by atoms with Gasteiger partial charge in [-0.1, -0.05) is 0 Å². The van der Waals surface area contributed by atoms with Crippen molar-refractivity contribution in [3.05, 3.63) is 22.2 Å². The number of anilines is 2. The molecule has 1 aromatic heterocycles. The van der Waals surface area contributed by atoms with Gasteiger partial charge in [0, 0.05) is 26.7 Å². The Balaban J connectivity index is 2.26. The molecule has 104 valence electrons. The number of hydrogen-bond acceptors (Lipinski definition) is 6. The van der Waals surface area contributed by atoms with E-state index in [4.69, 9.17) is 4.74 Å². The largest absolute Gasteiger partial charge is 0.380 e. The molecular weight excluding hydrogens is 248 g/mol. The summed E-state index contributed by atoms with van der Waals surface area (Å²) >= 11 is 0. The van der Waals surface area contributed by atoms with E-state index in [1.54, 1.807) is 7.11 Å². The van der Waals surface area contributed by atoms with Gasteiger partial charge < -0.3 is 15.0 Å². The van der Waals surface area contributed by atoms with Crippen LogP contribution in [0.1, 0.15) is 13.3 Å². The van der Waals surface area contributed by atoms with Gasteiger partial charge in [-0.2, -0.15) is 0 Å². The average Bonchev–Trinajstić information content (AvgIpc) is 2.87. The van der Waals surface area contributed by atoms with Gasteiger partial charge in [-0.15, -0.1) is 0 Å². The van der Waals surface area contributed by atoms with Crippen molar-refractivity contribution in [1.82, 2.24) is 4.98 Å². The van der Waals surface area contributed by atoms with Gasteiger partial charge in [0.2, 0.25) is 0 Å². The highest BCUT2D eigenvalue weighted by molar-refractivity contribution is 5.56. The molecule has 0 radical (unpaired) electrons. The summed E-state index contributed by atoms with van der Waals surface area (Å²) in [7, 11) is 1.68. The predicted molar refractivity (Wildman–Crippen MR) is 72.7 cm³/mol. The van der Waals surface area contributed by atoms with E-state index in [0.29, 0.717) is 18.2 Å². The second kappa shape index (κ2) is 5.83. The van der Waals surface area contributed by atoms with Crippen LogP contribution in [0.15, 0.2) is 12.1 Å². The molecule has 2 rings (SSSR count). The van der Waals surface area contributed by atoms with Crippen LogP contribution >= 0.6 is 0 Å². The molecule has 1 atom stereocenters. The smallest absolute Gasteiger partial charge is 0.276 e. The molecule has 1 aliphatic heterocycles. The molecular formula is C12H18N4O3. The third-order valence-corrected chi connectivity index (χ3v) is 3.17. The third-order valence-electron chi connectivity index (χ3n) is 3.17. The van der Waals surface area contributed by atoms with Crippen LogP contribution in [0, 0.1) is 10.1 Å². The van der Waals surface area contributed by atoms with E-state index in [0.717, 1.165) is 19.5 Å². The fourth-order valence-corrected chi connectivity index (χ4v) is 2.17. The monoisotopic (exact) mass is 266 g/mol. The minimum atomic E-state index is -0.393. The highest BCUT2D eigenvalue weighted by atomic mass is 16.6. The third kappa shape index (κ3) is 3.11. The molecule has 1 unspecified atom stereocenters. The quantitative estimate of drug-likeness (QED) is 0.644. The van der Waals surface area contributed by atoms with Gasteiger partial charge in [-0.3, -0.25) is 10.1 Å². The van der Waals surface area contributed by atoms with E-state index < -0.39 is 4.92 Å². The molecule has 0 spiro atoms. The summed E-state index contributed by atoms with van der Waals surface area (Å²) in [5.41, 5.74) is 0.0572. The number of nitrogens with one attached hydrogen (secondary N) is 1. The summed E-state index contributed by atoms with van der Waals surface area (Å²) < 4.78 is 5.30. The molecule has 0 aliphatic carbocycles. The Kier molecular flexibility index (Phi) is 4.16. The van der Waals surface area contributed by atoms with Crippen LogP contribution in [0.4, 0.5) is 17.3 Å². The van der Waals surface area contributed by atoms with Crippen molar-refractivity contribution in [2.45, 2.75) is 19.4 Å². The van der Waals surface area contributed by atoms with Crippen molar-refractivity contribution in [2.75, 3.05) is 37.0 Å². The van der Waals surface area contributed by atoms with Crippen LogP contribution in [0.3, 0.4) is 0 Å². The lowest BCUT2D eigenvalue weighted by Gasteiger charge is -2.18. The van der Waals surface area contributed by atoms with Gasteiger partial charge in [-0.25, -0.2) is 4.98 Å². The Morgan fingerprint density at radius 3 is 3.00 bits per heavy atom. The lowest BCUT2D eigenvalue weighted by atomic mass is 10.3. The predicted octanol–water partition coefficient (Wildman–Crippen LogP) is 1.65. The van der Waals surface area contributed by atoms with E-state index >= 15 is 0 Å². The summed E-state index contributed by atoms with van der Waals surface area (Å²) in [6.07, 6.45) is 1.08. The second-order valence-electron chi connectivity index (χ2n) is 4.45. The highest BCUT2D eigenvalue weighted by Gasteiger charge is 2.25.